The first-order valence-corrected chi connectivity index (χ1v) is 9.01. The van der Waals surface area contributed by atoms with Gasteiger partial charge in [-0.1, -0.05) is 0 Å². The van der Waals surface area contributed by atoms with Crippen LogP contribution in [-0.4, -0.2) is 42.6 Å². The Hall–Kier alpha value is -2.83. The zero-order chi connectivity index (χ0) is 17.9. The van der Waals surface area contributed by atoms with Crippen molar-refractivity contribution in [2.75, 3.05) is 18.0 Å². The van der Waals surface area contributed by atoms with E-state index in [1.165, 1.54) is 6.42 Å². The predicted octanol–water partition coefficient (Wildman–Crippen LogP) is 2.43. The van der Waals surface area contributed by atoms with Gasteiger partial charge in [0.2, 0.25) is 0 Å². The highest BCUT2D eigenvalue weighted by molar-refractivity contribution is 5.56. The molecule has 1 fully saturated rings. The Morgan fingerprint density at radius 2 is 2.04 bits per heavy atom. The highest BCUT2D eigenvalue weighted by Gasteiger charge is 2.23. The van der Waals surface area contributed by atoms with Crippen LogP contribution in [0.5, 0.6) is 0 Å². The smallest absolute Gasteiger partial charge is 0.132 e. The van der Waals surface area contributed by atoms with Gasteiger partial charge in [-0.2, -0.15) is 0 Å². The minimum absolute atomic E-state index is 0.530. The van der Waals surface area contributed by atoms with Gasteiger partial charge in [0, 0.05) is 44.3 Å². The summed E-state index contributed by atoms with van der Waals surface area (Å²) >= 11 is 0. The van der Waals surface area contributed by atoms with Crippen molar-refractivity contribution in [3.05, 3.63) is 48.7 Å². The molecule has 3 aromatic heterocycles. The van der Waals surface area contributed by atoms with Gasteiger partial charge < -0.3 is 9.47 Å². The zero-order valence-electron chi connectivity index (χ0n) is 15.2. The number of imidazole rings is 1. The molecule has 7 nitrogen and oxygen atoms in total. The number of aryl methyl sites for hydroxylation is 2. The van der Waals surface area contributed by atoms with Crippen LogP contribution in [0.15, 0.2) is 37.3 Å². The highest BCUT2D eigenvalue weighted by atomic mass is 15.2. The normalized spacial score (nSPS) is 17.5. The van der Waals surface area contributed by atoms with Crippen LogP contribution >= 0.6 is 0 Å². The zero-order valence-corrected chi connectivity index (χ0v) is 15.2. The Morgan fingerprint density at radius 3 is 2.85 bits per heavy atom. The lowest BCUT2D eigenvalue weighted by atomic mass is 9.92. The Bertz CT molecular complexity index is 889. The van der Waals surface area contributed by atoms with Crippen LogP contribution in [0.4, 0.5) is 5.82 Å². The van der Waals surface area contributed by atoms with Crippen molar-refractivity contribution in [1.29, 1.82) is 0 Å². The molecule has 1 aliphatic rings. The quantitative estimate of drug-likeness (QED) is 0.720. The number of rotatable bonds is 4. The van der Waals surface area contributed by atoms with Gasteiger partial charge in [0.25, 0.3) is 0 Å². The molecule has 0 spiro atoms. The molecule has 0 radical (unpaired) electrons. The average Bonchev–Trinajstić information content (AvgIpc) is 3.08. The van der Waals surface area contributed by atoms with Crippen LogP contribution in [0.1, 0.15) is 24.2 Å². The van der Waals surface area contributed by atoms with E-state index >= 15 is 0 Å². The van der Waals surface area contributed by atoms with Crippen molar-refractivity contribution >= 4 is 5.82 Å². The fourth-order valence-corrected chi connectivity index (χ4v) is 3.64. The molecule has 0 bridgehead atoms. The molecular weight excluding hydrogens is 326 g/mol. The van der Waals surface area contributed by atoms with E-state index in [-0.39, 0.29) is 0 Å². The number of anilines is 1. The maximum absolute atomic E-state index is 4.63. The molecule has 4 rings (SSSR count). The molecule has 0 aromatic carbocycles. The third kappa shape index (κ3) is 3.42. The molecule has 1 saturated heterocycles. The topological polar surface area (TPSA) is 72.6 Å². The Kier molecular flexibility index (Phi) is 4.60. The lowest BCUT2D eigenvalue weighted by molar-refractivity contribution is 0.408. The Morgan fingerprint density at radius 1 is 1.15 bits per heavy atom. The summed E-state index contributed by atoms with van der Waals surface area (Å²) in [6.07, 6.45) is 12.1. The molecule has 1 aliphatic heterocycles. The van der Waals surface area contributed by atoms with Gasteiger partial charge in [-0.25, -0.2) is 15.0 Å². The Balaban J connectivity index is 1.54. The van der Waals surface area contributed by atoms with E-state index < -0.39 is 0 Å². The van der Waals surface area contributed by atoms with E-state index in [0.29, 0.717) is 5.92 Å². The second-order valence-corrected chi connectivity index (χ2v) is 6.92. The fraction of sp³-hybridized carbons (Fsp3) is 0.421. The molecule has 0 unspecified atom stereocenters. The maximum atomic E-state index is 4.63. The van der Waals surface area contributed by atoms with Crippen molar-refractivity contribution in [2.24, 2.45) is 13.0 Å². The molecule has 134 valence electrons. The van der Waals surface area contributed by atoms with Crippen LogP contribution < -0.4 is 4.90 Å². The van der Waals surface area contributed by atoms with Crippen LogP contribution in [0, 0.1) is 12.8 Å². The summed E-state index contributed by atoms with van der Waals surface area (Å²) in [6.45, 7) is 4.03. The summed E-state index contributed by atoms with van der Waals surface area (Å²) in [5.41, 5.74) is 3.99. The third-order valence-electron chi connectivity index (χ3n) is 4.95. The van der Waals surface area contributed by atoms with E-state index in [1.807, 2.05) is 24.7 Å². The summed E-state index contributed by atoms with van der Waals surface area (Å²) in [5.74, 6) is 1.55. The van der Waals surface area contributed by atoms with E-state index in [9.17, 15) is 0 Å². The standard InChI is InChI=1S/C19H23N7/c1-14-8-18(24-12-23-14)26-7-3-4-15(11-26)9-16-19(22-6-5-21-16)17-10-20-13-25(17)2/h5-6,8,10,12-13,15H,3-4,7,9,11H2,1-2H3/t15-/m0/s1. The molecule has 26 heavy (non-hydrogen) atoms. The van der Waals surface area contributed by atoms with Gasteiger partial charge >= 0.3 is 0 Å². The average molecular weight is 349 g/mol. The van der Waals surface area contributed by atoms with Crippen molar-refractivity contribution in [2.45, 2.75) is 26.2 Å². The minimum atomic E-state index is 0.530. The summed E-state index contributed by atoms with van der Waals surface area (Å²) in [7, 11) is 1.99. The number of hydrogen-bond donors (Lipinski definition) is 0. The second kappa shape index (κ2) is 7.19. The van der Waals surface area contributed by atoms with E-state index in [0.717, 1.165) is 54.5 Å². The first kappa shape index (κ1) is 16.6. The molecule has 0 saturated carbocycles. The predicted molar refractivity (Wildman–Crippen MR) is 99.6 cm³/mol. The third-order valence-corrected chi connectivity index (χ3v) is 4.95. The number of hydrogen-bond acceptors (Lipinski definition) is 6. The van der Waals surface area contributed by atoms with Crippen molar-refractivity contribution in [3.8, 4) is 11.4 Å². The lowest BCUT2D eigenvalue weighted by Crippen LogP contribution is -2.37. The maximum Gasteiger partial charge on any atom is 0.132 e. The number of piperidine rings is 1. The van der Waals surface area contributed by atoms with Gasteiger partial charge in [0.05, 0.1) is 23.9 Å². The molecule has 1 atom stereocenters. The van der Waals surface area contributed by atoms with Crippen molar-refractivity contribution < 1.29 is 0 Å². The lowest BCUT2D eigenvalue weighted by Gasteiger charge is -2.33. The monoisotopic (exact) mass is 349 g/mol. The summed E-state index contributed by atoms with van der Waals surface area (Å²) in [6, 6.07) is 2.06. The molecular formula is C19H23N7. The molecule has 0 aliphatic carbocycles. The van der Waals surface area contributed by atoms with Crippen molar-refractivity contribution in [1.82, 2.24) is 29.5 Å². The SMILES string of the molecule is Cc1cc(N2CCC[C@@H](Cc3nccnc3-c3cncn3C)C2)ncn1. The van der Waals surface area contributed by atoms with Crippen LogP contribution in [0.25, 0.3) is 11.4 Å². The number of aromatic nitrogens is 6. The van der Waals surface area contributed by atoms with Crippen LogP contribution in [0.3, 0.4) is 0 Å². The van der Waals surface area contributed by atoms with Gasteiger partial charge in [-0.15, -0.1) is 0 Å². The fourth-order valence-electron chi connectivity index (χ4n) is 3.64. The van der Waals surface area contributed by atoms with Gasteiger partial charge in [-0.05, 0) is 32.1 Å². The van der Waals surface area contributed by atoms with Crippen LogP contribution in [-0.2, 0) is 13.5 Å². The van der Waals surface area contributed by atoms with Crippen molar-refractivity contribution in [3.63, 3.8) is 0 Å². The molecule has 0 N–H and O–H groups in total. The summed E-state index contributed by atoms with van der Waals surface area (Å²) in [5, 5.41) is 0. The largest absolute Gasteiger partial charge is 0.356 e. The molecule has 7 heteroatoms. The molecule has 0 amide bonds. The molecule has 3 aromatic rings. The van der Waals surface area contributed by atoms with Gasteiger partial charge in [0.15, 0.2) is 0 Å². The van der Waals surface area contributed by atoms with Gasteiger partial charge in [0.1, 0.15) is 17.8 Å². The van der Waals surface area contributed by atoms with Crippen LogP contribution in [0.2, 0.25) is 0 Å². The molecule has 4 heterocycles. The van der Waals surface area contributed by atoms with E-state index in [4.69, 9.17) is 0 Å². The van der Waals surface area contributed by atoms with E-state index in [2.05, 4.69) is 35.9 Å². The summed E-state index contributed by atoms with van der Waals surface area (Å²) in [4.78, 5) is 24.5. The minimum Gasteiger partial charge on any atom is -0.356 e. The Labute approximate surface area is 153 Å². The van der Waals surface area contributed by atoms with E-state index in [1.54, 1.807) is 25.0 Å². The number of nitrogens with zero attached hydrogens (tertiary/aromatic N) is 7. The second-order valence-electron chi connectivity index (χ2n) is 6.92. The summed E-state index contributed by atoms with van der Waals surface area (Å²) < 4.78 is 1.99. The first-order chi connectivity index (χ1) is 12.7. The first-order valence-electron chi connectivity index (χ1n) is 9.01. The highest BCUT2D eigenvalue weighted by Crippen LogP contribution is 2.27. The van der Waals surface area contributed by atoms with Gasteiger partial charge in [-0.3, -0.25) is 9.97 Å².